The van der Waals surface area contributed by atoms with Gasteiger partial charge in [0.1, 0.15) is 5.82 Å². The third-order valence-electron chi connectivity index (χ3n) is 2.38. The second-order valence-corrected chi connectivity index (χ2v) is 5.29. The summed E-state index contributed by atoms with van der Waals surface area (Å²) in [6.07, 6.45) is 0. The molecule has 0 aromatic heterocycles. The van der Waals surface area contributed by atoms with Gasteiger partial charge in [0.15, 0.2) is 0 Å². The highest BCUT2D eigenvalue weighted by Gasteiger charge is 2.11. The van der Waals surface area contributed by atoms with Crippen molar-refractivity contribution in [2.45, 2.75) is 0 Å². The lowest BCUT2D eigenvalue weighted by atomic mass is 10.2. The van der Waals surface area contributed by atoms with Crippen molar-refractivity contribution < 1.29 is 9.18 Å². The van der Waals surface area contributed by atoms with Gasteiger partial charge in [-0.15, -0.1) is 0 Å². The fraction of sp³-hybridized carbons (Fsp3) is 0. The fourth-order valence-electron chi connectivity index (χ4n) is 1.43. The third kappa shape index (κ3) is 3.26. The minimum atomic E-state index is -0.567. The van der Waals surface area contributed by atoms with Gasteiger partial charge in [0, 0.05) is 5.56 Å². The van der Waals surface area contributed by atoms with Gasteiger partial charge in [-0.05, 0) is 46.3 Å². The Morgan fingerprint density at radius 1 is 1.16 bits per heavy atom. The molecule has 0 saturated heterocycles. The van der Waals surface area contributed by atoms with Gasteiger partial charge in [-0.3, -0.25) is 4.79 Å². The molecule has 0 spiro atoms. The van der Waals surface area contributed by atoms with E-state index in [1.165, 1.54) is 12.1 Å². The molecule has 0 aliphatic carbocycles. The van der Waals surface area contributed by atoms with Gasteiger partial charge in [0.25, 0.3) is 5.91 Å². The van der Waals surface area contributed by atoms with E-state index >= 15 is 0 Å². The first-order valence-corrected chi connectivity index (χ1v) is 6.74. The van der Waals surface area contributed by atoms with E-state index in [0.29, 0.717) is 15.2 Å². The van der Waals surface area contributed by atoms with Gasteiger partial charge in [-0.25, -0.2) is 4.39 Å². The van der Waals surface area contributed by atoms with Gasteiger partial charge < -0.3 is 5.32 Å². The van der Waals surface area contributed by atoms with Crippen LogP contribution in [0.25, 0.3) is 0 Å². The molecule has 2 aromatic carbocycles. The number of benzene rings is 2. The maximum Gasteiger partial charge on any atom is 0.255 e. The Morgan fingerprint density at radius 2 is 1.89 bits per heavy atom. The smallest absolute Gasteiger partial charge is 0.255 e. The van der Waals surface area contributed by atoms with Crippen molar-refractivity contribution in [3.8, 4) is 0 Å². The molecule has 0 aliphatic heterocycles. The molecule has 2 nitrogen and oxygen atoms in total. The molecule has 0 bridgehead atoms. The van der Waals surface area contributed by atoms with E-state index in [1.807, 2.05) is 0 Å². The van der Waals surface area contributed by atoms with Crippen molar-refractivity contribution in [1.29, 1.82) is 0 Å². The zero-order valence-electron chi connectivity index (χ0n) is 9.38. The Hall–Kier alpha value is -1.10. The summed E-state index contributed by atoms with van der Waals surface area (Å²) < 4.78 is 13.6. The molecular formula is C13H7BrCl2FNO. The summed E-state index contributed by atoms with van der Waals surface area (Å²) >= 11 is 14.8. The monoisotopic (exact) mass is 361 g/mol. The Balaban J connectivity index is 2.26. The number of rotatable bonds is 2. The fourth-order valence-corrected chi connectivity index (χ4v) is 2.15. The average molecular weight is 363 g/mol. The first-order chi connectivity index (χ1) is 8.99. The second-order valence-electron chi connectivity index (χ2n) is 3.68. The summed E-state index contributed by atoms with van der Waals surface area (Å²) in [6, 6.07) is 8.86. The summed E-state index contributed by atoms with van der Waals surface area (Å²) in [5, 5.41) is 3.04. The molecule has 0 radical (unpaired) electrons. The molecule has 0 aliphatic rings. The number of amides is 1. The molecule has 0 fully saturated rings. The summed E-state index contributed by atoms with van der Waals surface area (Å²) in [4.78, 5) is 12.0. The van der Waals surface area contributed by atoms with Crippen LogP contribution in [0.4, 0.5) is 10.1 Å². The van der Waals surface area contributed by atoms with E-state index < -0.39 is 11.7 Å². The lowest BCUT2D eigenvalue weighted by Crippen LogP contribution is -2.12. The third-order valence-corrected chi connectivity index (χ3v) is 4.07. The molecule has 1 N–H and O–H groups in total. The number of carbonyl (C=O) groups excluding carboxylic acids is 1. The SMILES string of the molecule is O=C(Nc1cccc(Cl)c1Br)c1ccc(F)c(Cl)c1. The van der Waals surface area contributed by atoms with Crippen LogP contribution in [0.1, 0.15) is 10.4 Å². The predicted octanol–water partition coefficient (Wildman–Crippen LogP) is 5.15. The molecule has 0 heterocycles. The molecule has 2 aromatic rings. The van der Waals surface area contributed by atoms with E-state index in [0.717, 1.165) is 6.07 Å². The predicted molar refractivity (Wildman–Crippen MR) is 78.5 cm³/mol. The molecule has 19 heavy (non-hydrogen) atoms. The van der Waals surface area contributed by atoms with E-state index in [4.69, 9.17) is 23.2 Å². The Bertz CT molecular complexity index is 649. The lowest BCUT2D eigenvalue weighted by molar-refractivity contribution is 0.102. The van der Waals surface area contributed by atoms with Gasteiger partial charge >= 0.3 is 0 Å². The highest BCUT2D eigenvalue weighted by molar-refractivity contribution is 9.10. The van der Waals surface area contributed by atoms with Crippen LogP contribution in [-0.2, 0) is 0 Å². The standard InChI is InChI=1S/C13H7BrCl2FNO/c14-12-8(15)2-1-3-11(12)18-13(19)7-4-5-10(17)9(16)6-7/h1-6H,(H,18,19). The molecule has 0 unspecified atom stereocenters. The van der Waals surface area contributed by atoms with E-state index in [9.17, 15) is 9.18 Å². The van der Waals surface area contributed by atoms with Crippen LogP contribution in [0.2, 0.25) is 10.0 Å². The zero-order valence-corrected chi connectivity index (χ0v) is 12.5. The van der Waals surface area contributed by atoms with Crippen LogP contribution in [0.5, 0.6) is 0 Å². The molecule has 98 valence electrons. The lowest BCUT2D eigenvalue weighted by Gasteiger charge is -2.08. The number of carbonyl (C=O) groups is 1. The first-order valence-electron chi connectivity index (χ1n) is 5.19. The minimum Gasteiger partial charge on any atom is -0.321 e. The van der Waals surface area contributed by atoms with Gasteiger partial charge in [-0.2, -0.15) is 0 Å². The van der Waals surface area contributed by atoms with Crippen LogP contribution < -0.4 is 5.32 Å². The average Bonchev–Trinajstić information content (AvgIpc) is 2.38. The van der Waals surface area contributed by atoms with Gasteiger partial charge in [0.2, 0.25) is 0 Å². The van der Waals surface area contributed by atoms with E-state index in [1.54, 1.807) is 18.2 Å². The van der Waals surface area contributed by atoms with Crippen LogP contribution in [0, 0.1) is 5.82 Å². The van der Waals surface area contributed by atoms with Crippen molar-refractivity contribution >= 4 is 50.7 Å². The maximum atomic E-state index is 13.0. The summed E-state index contributed by atoms with van der Waals surface area (Å²) in [5.74, 6) is -0.966. The van der Waals surface area contributed by atoms with Crippen molar-refractivity contribution in [2.75, 3.05) is 5.32 Å². The Morgan fingerprint density at radius 3 is 2.58 bits per heavy atom. The van der Waals surface area contributed by atoms with E-state index in [-0.39, 0.29) is 10.6 Å². The highest BCUT2D eigenvalue weighted by atomic mass is 79.9. The summed E-state index contributed by atoms with van der Waals surface area (Å²) in [7, 11) is 0. The van der Waals surface area contributed by atoms with Crippen LogP contribution >= 0.6 is 39.1 Å². The van der Waals surface area contributed by atoms with Crippen molar-refractivity contribution in [2.24, 2.45) is 0 Å². The Labute approximate surface area is 127 Å². The topological polar surface area (TPSA) is 29.1 Å². The molecule has 0 saturated carbocycles. The number of anilines is 1. The Kier molecular flexibility index (Phi) is 4.45. The van der Waals surface area contributed by atoms with Crippen molar-refractivity contribution in [3.05, 3.63) is 62.3 Å². The molecule has 0 atom stereocenters. The van der Waals surface area contributed by atoms with Crippen LogP contribution in [-0.4, -0.2) is 5.91 Å². The first kappa shape index (κ1) is 14.3. The maximum absolute atomic E-state index is 13.0. The van der Waals surface area contributed by atoms with E-state index in [2.05, 4.69) is 21.2 Å². The second kappa shape index (κ2) is 5.90. The summed E-state index contributed by atoms with van der Waals surface area (Å²) in [6.45, 7) is 0. The number of nitrogens with one attached hydrogen (secondary N) is 1. The van der Waals surface area contributed by atoms with Crippen LogP contribution in [0.15, 0.2) is 40.9 Å². The van der Waals surface area contributed by atoms with Crippen molar-refractivity contribution in [3.63, 3.8) is 0 Å². The number of hydrogen-bond donors (Lipinski definition) is 1. The quantitative estimate of drug-likeness (QED) is 0.786. The largest absolute Gasteiger partial charge is 0.321 e. The molecular weight excluding hydrogens is 356 g/mol. The zero-order chi connectivity index (χ0) is 14.0. The highest BCUT2D eigenvalue weighted by Crippen LogP contribution is 2.30. The normalized spacial score (nSPS) is 10.3. The number of halogens is 4. The molecule has 2 rings (SSSR count). The molecule has 6 heteroatoms. The number of hydrogen-bond acceptors (Lipinski definition) is 1. The van der Waals surface area contributed by atoms with Crippen molar-refractivity contribution in [1.82, 2.24) is 0 Å². The molecule has 1 amide bonds. The summed E-state index contributed by atoms with van der Waals surface area (Å²) in [5.41, 5.74) is 0.788. The van der Waals surface area contributed by atoms with Gasteiger partial charge in [-0.1, -0.05) is 29.3 Å². The minimum absolute atomic E-state index is 0.0993. The van der Waals surface area contributed by atoms with Gasteiger partial charge in [0.05, 0.1) is 20.2 Å². The van der Waals surface area contributed by atoms with Crippen LogP contribution in [0.3, 0.4) is 0 Å².